The lowest BCUT2D eigenvalue weighted by molar-refractivity contribution is -0.121. The van der Waals surface area contributed by atoms with Crippen LogP contribution in [0.15, 0.2) is 29.1 Å². The molecular weight excluding hydrogens is 308 g/mol. The number of hydrogen-bond donors (Lipinski definition) is 1. The molecule has 0 bridgehead atoms. The van der Waals surface area contributed by atoms with Crippen molar-refractivity contribution in [2.75, 3.05) is 13.7 Å². The first kappa shape index (κ1) is 16.0. The number of aromatic nitrogens is 3. The molecule has 2 aromatic heterocycles. The van der Waals surface area contributed by atoms with Crippen molar-refractivity contribution in [3.05, 3.63) is 40.4 Å². The maximum absolute atomic E-state index is 12.7. The highest BCUT2D eigenvalue weighted by molar-refractivity contribution is 5.92. The van der Waals surface area contributed by atoms with Crippen LogP contribution in [0.2, 0.25) is 0 Å². The molecule has 1 N–H and O–H groups in total. The van der Waals surface area contributed by atoms with Gasteiger partial charge in [0, 0.05) is 11.9 Å². The molecule has 24 heavy (non-hydrogen) atoms. The van der Waals surface area contributed by atoms with E-state index in [0.29, 0.717) is 23.6 Å². The Kier molecular flexibility index (Phi) is 4.24. The molecule has 0 saturated heterocycles. The maximum Gasteiger partial charge on any atom is 0.291 e. The third-order valence-electron chi connectivity index (χ3n) is 3.93. The van der Waals surface area contributed by atoms with Crippen molar-refractivity contribution in [1.82, 2.24) is 19.5 Å². The molecule has 0 spiro atoms. The Morgan fingerprint density at radius 2 is 2.12 bits per heavy atom. The fourth-order valence-electron chi connectivity index (χ4n) is 2.85. The number of hydrogen-bond acceptors (Lipinski definition) is 4. The van der Waals surface area contributed by atoms with Crippen LogP contribution in [0.5, 0.6) is 5.75 Å². The molecule has 0 radical (unpaired) electrons. The average Bonchev–Trinajstić information content (AvgIpc) is 2.97. The first-order chi connectivity index (χ1) is 11.6. The molecule has 0 aliphatic rings. The molecule has 126 valence electrons. The largest absolute Gasteiger partial charge is 0.496 e. The minimum absolute atomic E-state index is 0.0885. The van der Waals surface area contributed by atoms with Crippen molar-refractivity contribution >= 4 is 22.3 Å². The number of rotatable bonds is 5. The lowest BCUT2D eigenvalue weighted by Crippen LogP contribution is -2.35. The van der Waals surface area contributed by atoms with Crippen LogP contribution in [0.25, 0.3) is 16.4 Å². The molecule has 0 fully saturated rings. The van der Waals surface area contributed by atoms with Gasteiger partial charge in [-0.1, -0.05) is 13.0 Å². The van der Waals surface area contributed by atoms with E-state index >= 15 is 0 Å². The van der Waals surface area contributed by atoms with E-state index in [1.807, 2.05) is 32.0 Å². The Morgan fingerprint density at radius 3 is 2.83 bits per heavy atom. The van der Waals surface area contributed by atoms with Gasteiger partial charge in [-0.25, -0.2) is 4.68 Å². The van der Waals surface area contributed by atoms with E-state index in [0.717, 1.165) is 17.3 Å². The Labute approximate surface area is 138 Å². The summed E-state index contributed by atoms with van der Waals surface area (Å²) >= 11 is 0. The van der Waals surface area contributed by atoms with Crippen molar-refractivity contribution < 1.29 is 9.53 Å². The number of nitrogens with one attached hydrogen (secondary N) is 1. The molecule has 1 amide bonds. The highest BCUT2D eigenvalue weighted by Gasteiger charge is 2.15. The summed E-state index contributed by atoms with van der Waals surface area (Å²) in [5.41, 5.74) is 1.03. The fraction of sp³-hybridized carbons (Fsp3) is 0.353. The minimum atomic E-state index is -0.300. The normalized spacial score (nSPS) is 11.1. The molecule has 0 saturated carbocycles. The smallest absolute Gasteiger partial charge is 0.291 e. The van der Waals surface area contributed by atoms with Crippen LogP contribution in [0.4, 0.5) is 0 Å². The number of ether oxygens (including phenoxy) is 1. The number of amides is 1. The average molecular weight is 328 g/mol. The third kappa shape index (κ3) is 2.62. The van der Waals surface area contributed by atoms with Crippen molar-refractivity contribution in [3.63, 3.8) is 0 Å². The molecule has 0 unspecified atom stereocenters. The summed E-state index contributed by atoms with van der Waals surface area (Å²) in [6.45, 7) is 4.28. The fourth-order valence-corrected chi connectivity index (χ4v) is 2.85. The number of carbonyl (C=O) groups is 1. The minimum Gasteiger partial charge on any atom is -0.496 e. The van der Waals surface area contributed by atoms with E-state index in [4.69, 9.17) is 4.74 Å². The van der Waals surface area contributed by atoms with Gasteiger partial charge in [0.05, 0.1) is 12.6 Å². The summed E-state index contributed by atoms with van der Waals surface area (Å²) in [4.78, 5) is 24.6. The number of fused-ring (bicyclic) bond motifs is 3. The summed E-state index contributed by atoms with van der Waals surface area (Å²) in [5, 5.41) is 7.89. The maximum atomic E-state index is 12.7. The van der Waals surface area contributed by atoms with Gasteiger partial charge >= 0.3 is 0 Å². The van der Waals surface area contributed by atoms with E-state index in [9.17, 15) is 9.59 Å². The first-order valence-electron chi connectivity index (χ1n) is 7.89. The van der Waals surface area contributed by atoms with Crippen LogP contribution in [0, 0.1) is 6.92 Å². The van der Waals surface area contributed by atoms with E-state index in [1.54, 1.807) is 17.6 Å². The molecule has 3 aromatic rings. The van der Waals surface area contributed by atoms with Gasteiger partial charge in [-0.2, -0.15) is 5.10 Å². The topological polar surface area (TPSA) is 77.6 Å². The lowest BCUT2D eigenvalue weighted by atomic mass is 10.2. The highest BCUT2D eigenvalue weighted by Crippen LogP contribution is 2.28. The SMILES string of the molecule is CCCNC(=O)Cn1nc(C)n2c(cc3c(OC)cccc32)c1=O. The second-order valence-electron chi connectivity index (χ2n) is 5.62. The zero-order valence-electron chi connectivity index (χ0n) is 14.0. The second-order valence-corrected chi connectivity index (χ2v) is 5.62. The number of carbonyl (C=O) groups excluding carboxylic acids is 1. The summed E-state index contributed by atoms with van der Waals surface area (Å²) in [6.07, 6.45) is 0.843. The van der Waals surface area contributed by atoms with Crippen molar-refractivity contribution in [2.45, 2.75) is 26.8 Å². The molecule has 2 heterocycles. The zero-order valence-corrected chi connectivity index (χ0v) is 14.0. The Morgan fingerprint density at radius 1 is 1.33 bits per heavy atom. The second kappa shape index (κ2) is 6.35. The Balaban J connectivity index is 2.15. The van der Waals surface area contributed by atoms with Crippen LogP contribution in [0.1, 0.15) is 19.2 Å². The number of aryl methyl sites for hydroxylation is 1. The van der Waals surface area contributed by atoms with Gasteiger partial charge in [-0.3, -0.25) is 14.0 Å². The van der Waals surface area contributed by atoms with Crippen LogP contribution in [-0.4, -0.2) is 33.7 Å². The number of benzene rings is 1. The van der Waals surface area contributed by atoms with Crippen molar-refractivity contribution in [2.24, 2.45) is 0 Å². The van der Waals surface area contributed by atoms with E-state index in [-0.39, 0.29) is 18.0 Å². The van der Waals surface area contributed by atoms with Crippen LogP contribution >= 0.6 is 0 Å². The van der Waals surface area contributed by atoms with Gasteiger partial charge in [-0.15, -0.1) is 0 Å². The van der Waals surface area contributed by atoms with Gasteiger partial charge in [0.1, 0.15) is 23.6 Å². The third-order valence-corrected chi connectivity index (χ3v) is 3.93. The lowest BCUT2D eigenvalue weighted by Gasteiger charge is -2.09. The quantitative estimate of drug-likeness (QED) is 0.770. The van der Waals surface area contributed by atoms with E-state index in [1.165, 1.54) is 4.68 Å². The van der Waals surface area contributed by atoms with Crippen LogP contribution in [0.3, 0.4) is 0 Å². The Bertz CT molecular complexity index is 971. The van der Waals surface area contributed by atoms with E-state index in [2.05, 4.69) is 10.4 Å². The van der Waals surface area contributed by atoms with Crippen LogP contribution in [-0.2, 0) is 11.3 Å². The molecule has 0 aliphatic carbocycles. The van der Waals surface area contributed by atoms with Gasteiger partial charge in [0.15, 0.2) is 0 Å². The van der Waals surface area contributed by atoms with E-state index < -0.39 is 0 Å². The summed E-state index contributed by atoms with van der Waals surface area (Å²) in [7, 11) is 1.60. The van der Waals surface area contributed by atoms with Crippen molar-refractivity contribution in [3.8, 4) is 5.75 Å². The molecule has 0 aliphatic heterocycles. The molecule has 7 nitrogen and oxygen atoms in total. The molecule has 3 rings (SSSR count). The molecule has 7 heteroatoms. The molecule has 0 atom stereocenters. The summed E-state index contributed by atoms with van der Waals surface area (Å²) < 4.78 is 8.37. The number of nitrogens with zero attached hydrogens (tertiary/aromatic N) is 3. The summed E-state index contributed by atoms with van der Waals surface area (Å²) in [5.74, 6) is 1.11. The monoisotopic (exact) mass is 328 g/mol. The van der Waals surface area contributed by atoms with Gasteiger partial charge < -0.3 is 10.1 Å². The predicted octanol–water partition coefficient (Wildman–Crippen LogP) is 1.49. The van der Waals surface area contributed by atoms with Gasteiger partial charge in [0.25, 0.3) is 5.56 Å². The number of methoxy groups -OCH3 is 1. The Hall–Kier alpha value is -2.83. The van der Waals surface area contributed by atoms with Gasteiger partial charge in [0.2, 0.25) is 5.91 Å². The van der Waals surface area contributed by atoms with Gasteiger partial charge in [-0.05, 0) is 31.5 Å². The standard InChI is InChI=1S/C17H20N4O3/c1-4-8-18-16(22)10-20-17(23)14-9-12-13(21(14)11(2)19-20)6-5-7-15(12)24-3/h5-7,9H,4,8,10H2,1-3H3,(H,18,22). The zero-order chi connectivity index (χ0) is 17.3. The molecule has 1 aromatic carbocycles. The summed E-state index contributed by atoms with van der Waals surface area (Å²) in [6, 6.07) is 7.42. The highest BCUT2D eigenvalue weighted by atomic mass is 16.5. The first-order valence-corrected chi connectivity index (χ1v) is 7.89. The molecular formula is C17H20N4O3. The van der Waals surface area contributed by atoms with Crippen molar-refractivity contribution in [1.29, 1.82) is 0 Å². The van der Waals surface area contributed by atoms with Crippen LogP contribution < -0.4 is 15.6 Å². The predicted molar refractivity (Wildman–Crippen MR) is 91.5 cm³/mol.